The number of carbonyl (C=O) groups excluding carboxylic acids is 5. The van der Waals surface area contributed by atoms with E-state index in [9.17, 15) is 24.0 Å². The van der Waals surface area contributed by atoms with Crippen LogP contribution < -0.4 is 0 Å². The van der Waals surface area contributed by atoms with E-state index in [-0.39, 0.29) is 159 Å². The minimum Gasteiger partial charge on any atom is -0.460 e. The molecule has 96 heavy (non-hydrogen) atoms. The minimum atomic E-state index is -0.372. The molecule has 7 rings (SSSR count). The van der Waals surface area contributed by atoms with Gasteiger partial charge in [0.25, 0.3) is 0 Å². The number of fused-ring (bicyclic) bond motifs is 9. The summed E-state index contributed by atoms with van der Waals surface area (Å²) in [6.45, 7) is 61.9. The molecule has 0 radical (unpaired) electrons. The average molecular weight is 1380 g/mol. The third-order valence-electron chi connectivity index (χ3n) is 20.9. The molecule has 0 N–H and O–H groups in total. The molecule has 7 aliphatic carbocycles. The highest BCUT2D eigenvalue weighted by molar-refractivity contribution is 5.78. The van der Waals surface area contributed by atoms with Crippen LogP contribution in [-0.4, -0.2) is 57.9 Å². The van der Waals surface area contributed by atoms with E-state index in [0.717, 1.165) is 93.8 Å². The van der Waals surface area contributed by atoms with Gasteiger partial charge in [0, 0.05) is 5.92 Å². The van der Waals surface area contributed by atoms with E-state index < -0.39 is 0 Å². The molecule has 0 aliphatic heterocycles. The molecule has 4 bridgehead atoms. The maximum Gasteiger partial charge on any atom is 0.312 e. The molecule has 7 unspecified atom stereocenters. The smallest absolute Gasteiger partial charge is 0.312 e. The van der Waals surface area contributed by atoms with Crippen molar-refractivity contribution in [2.24, 2.45) is 68.5 Å². The van der Waals surface area contributed by atoms with Crippen molar-refractivity contribution in [1.29, 1.82) is 0 Å². The summed E-state index contributed by atoms with van der Waals surface area (Å²) in [5, 5.41) is 0. The zero-order valence-corrected chi connectivity index (χ0v) is 62.9. The Morgan fingerprint density at radius 2 is 0.625 bits per heavy atom. The standard InChI is InChI=1S/C19H30O2.C14H26O2.C13H24O2.C12H22O2.C10H20O2.4C2H6.10CH4/c1-5-18(2,3)17(20)21-19(4)10-13-9-14(19)16-12-7-6-11(8-12)15(13)16;1-6-13(2,3)12(15)16-14(4,5)11-9-7-8-10-11;1-5-12(2,3)11(14)15-13(4)9-7-6-8-10-13;1-5-11(2,3)10(13)14-12(4)8-6-7-9-12;1-7-10(5,6)8(11)12-9(2,3)4;4*1-2;;;;;;;;;;/h11-16H,5-10H2,1-4H3;11H,6-10H2,1-5H3;5-10H2,1-4H3;5-9H2,1-4H3;7H2,1-6H3;4*1-2H3;10*1H4. The number of rotatable bonds is 15. The molecule has 10 nitrogen and oxygen atoms in total. The first-order chi connectivity index (χ1) is 39.6. The lowest BCUT2D eigenvalue weighted by molar-refractivity contribution is -0.179. The zero-order valence-electron chi connectivity index (χ0n) is 62.9. The van der Waals surface area contributed by atoms with Crippen LogP contribution >= 0.6 is 0 Å². The minimum absolute atomic E-state index is 0. The normalized spacial score (nSPS) is 22.4. The zero-order chi connectivity index (χ0) is 67.7. The van der Waals surface area contributed by atoms with Crippen LogP contribution in [0.2, 0.25) is 0 Å². The first-order valence-electron chi connectivity index (χ1n) is 35.8. The Bertz CT molecular complexity index is 1950. The van der Waals surface area contributed by atoms with Crippen LogP contribution in [-0.2, 0) is 47.7 Å². The van der Waals surface area contributed by atoms with E-state index in [1.54, 1.807) is 0 Å². The van der Waals surface area contributed by atoms with Crippen molar-refractivity contribution in [3.8, 4) is 0 Å². The Morgan fingerprint density at radius 1 is 0.344 bits per heavy atom. The molecular weight excluding hydrogens is 1190 g/mol. The van der Waals surface area contributed by atoms with Crippen molar-refractivity contribution in [3.63, 3.8) is 0 Å². The summed E-state index contributed by atoms with van der Waals surface area (Å²) in [6.07, 6.45) is 26.1. The van der Waals surface area contributed by atoms with Crippen LogP contribution in [0.1, 0.15) is 437 Å². The van der Waals surface area contributed by atoms with E-state index in [1.165, 1.54) is 83.5 Å². The summed E-state index contributed by atoms with van der Waals surface area (Å²) in [6, 6.07) is 0. The SMILES string of the molecule is C.C.C.C.C.C.C.C.C.C.CC.CC.CC.CC.CCC(C)(C)C(=O)OC(C)(C)C.CCC(C)(C)C(=O)OC(C)(C)C1CCCC1.CCC(C)(C)C(=O)OC1(C)CC2CC1C1C3CCC(C3)C21.CCC(C)(C)C(=O)OC1(C)CCCC1.CCC(C)(C)C(=O)OC1(C)CCCCC1. The Labute approximate surface area is 607 Å². The van der Waals surface area contributed by atoms with Crippen LogP contribution in [0.15, 0.2) is 0 Å². The van der Waals surface area contributed by atoms with Crippen LogP contribution in [0, 0.1) is 68.5 Å². The molecule has 7 atom stereocenters. The van der Waals surface area contributed by atoms with Crippen molar-refractivity contribution in [2.75, 3.05) is 0 Å². The Hall–Kier alpha value is -2.65. The lowest BCUT2D eigenvalue weighted by atomic mass is 9.66. The largest absolute Gasteiger partial charge is 0.460 e. The maximum atomic E-state index is 12.6. The van der Waals surface area contributed by atoms with Gasteiger partial charge in [-0.2, -0.15) is 0 Å². The fourth-order valence-electron chi connectivity index (χ4n) is 12.9. The van der Waals surface area contributed by atoms with Gasteiger partial charge in [0.2, 0.25) is 0 Å². The monoisotopic (exact) mass is 1380 g/mol. The van der Waals surface area contributed by atoms with Crippen LogP contribution in [0.4, 0.5) is 0 Å². The molecule has 7 saturated carbocycles. The summed E-state index contributed by atoms with van der Waals surface area (Å²) in [5.74, 6) is 5.67. The molecule has 0 spiro atoms. The second-order valence-corrected chi connectivity index (χ2v) is 31.1. The topological polar surface area (TPSA) is 132 Å². The van der Waals surface area contributed by atoms with Crippen molar-refractivity contribution in [2.45, 2.75) is 465 Å². The van der Waals surface area contributed by atoms with Gasteiger partial charge in [-0.1, -0.05) is 184 Å². The van der Waals surface area contributed by atoms with Gasteiger partial charge < -0.3 is 23.7 Å². The highest BCUT2D eigenvalue weighted by Crippen LogP contribution is 2.70. The third kappa shape index (κ3) is 36.3. The fourth-order valence-corrected chi connectivity index (χ4v) is 12.9. The van der Waals surface area contributed by atoms with E-state index in [2.05, 4.69) is 41.5 Å². The predicted molar refractivity (Wildman–Crippen MR) is 430 cm³/mol. The highest BCUT2D eigenvalue weighted by atomic mass is 16.6. The first kappa shape index (κ1) is 120. The molecule has 0 amide bonds. The molecule has 7 aliphatic rings. The first-order valence-corrected chi connectivity index (χ1v) is 35.8. The van der Waals surface area contributed by atoms with Crippen LogP contribution in [0.25, 0.3) is 0 Å². The van der Waals surface area contributed by atoms with Gasteiger partial charge in [-0.15, -0.1) is 0 Å². The quantitative estimate of drug-likeness (QED) is 0.0887. The maximum absolute atomic E-state index is 12.6. The lowest BCUT2D eigenvalue weighted by Crippen LogP contribution is -2.47. The van der Waals surface area contributed by atoms with E-state index in [4.69, 9.17) is 23.7 Å². The molecule has 7 fully saturated rings. The Balaban J connectivity index is -0.0000000882. The molecule has 0 aromatic rings. The Kier molecular flexibility index (Phi) is 65.6. The summed E-state index contributed by atoms with van der Waals surface area (Å²) in [4.78, 5) is 59.9. The molecule has 0 saturated heterocycles. The fraction of sp³-hybridized carbons (Fsp3) is 0.942. The van der Waals surface area contributed by atoms with Crippen molar-refractivity contribution >= 4 is 29.8 Å². The molecule has 0 aromatic heterocycles. The molecule has 10 heteroatoms. The van der Waals surface area contributed by atoms with Gasteiger partial charge in [-0.05, 0) is 289 Å². The van der Waals surface area contributed by atoms with Crippen molar-refractivity contribution in [1.82, 2.24) is 0 Å². The van der Waals surface area contributed by atoms with Crippen molar-refractivity contribution in [3.05, 3.63) is 0 Å². The predicted octanol–water partition coefficient (Wildman–Crippen LogP) is 28.6. The van der Waals surface area contributed by atoms with Gasteiger partial charge in [-0.25, -0.2) is 0 Å². The molecule has 590 valence electrons. The van der Waals surface area contributed by atoms with E-state index in [0.29, 0.717) is 11.8 Å². The van der Waals surface area contributed by atoms with Gasteiger partial charge >= 0.3 is 29.8 Å². The van der Waals surface area contributed by atoms with Gasteiger partial charge in [-0.3, -0.25) is 24.0 Å². The highest BCUT2D eigenvalue weighted by Gasteiger charge is 2.67. The average Bonchev–Trinajstić information content (AvgIpc) is 1.54. The molecular formula is C86H186O10. The van der Waals surface area contributed by atoms with E-state index >= 15 is 0 Å². The second kappa shape index (κ2) is 52.3. The van der Waals surface area contributed by atoms with Crippen molar-refractivity contribution < 1.29 is 47.7 Å². The second-order valence-electron chi connectivity index (χ2n) is 31.1. The number of esters is 5. The number of hydrogen-bond donors (Lipinski definition) is 0. The molecule has 0 heterocycles. The third-order valence-corrected chi connectivity index (χ3v) is 20.9. The number of carbonyl (C=O) groups is 5. The number of hydrogen-bond acceptors (Lipinski definition) is 10. The van der Waals surface area contributed by atoms with E-state index in [1.807, 2.05) is 173 Å². The van der Waals surface area contributed by atoms with Crippen LogP contribution in [0.5, 0.6) is 0 Å². The summed E-state index contributed by atoms with van der Waals surface area (Å²) in [5.41, 5.74) is -2.90. The van der Waals surface area contributed by atoms with Crippen LogP contribution in [0.3, 0.4) is 0 Å². The summed E-state index contributed by atoms with van der Waals surface area (Å²) >= 11 is 0. The van der Waals surface area contributed by atoms with Gasteiger partial charge in [0.15, 0.2) is 0 Å². The number of ether oxygens (including phenoxy) is 5. The van der Waals surface area contributed by atoms with Gasteiger partial charge in [0.05, 0.1) is 27.1 Å². The Morgan fingerprint density at radius 3 is 0.938 bits per heavy atom. The molecule has 0 aromatic carbocycles. The summed E-state index contributed by atoms with van der Waals surface area (Å²) < 4.78 is 28.5. The van der Waals surface area contributed by atoms with Gasteiger partial charge in [0.1, 0.15) is 28.0 Å². The lowest BCUT2D eigenvalue weighted by Gasteiger charge is -2.45. The summed E-state index contributed by atoms with van der Waals surface area (Å²) in [7, 11) is 0.